The fourth-order valence-corrected chi connectivity index (χ4v) is 5.93. The van der Waals surface area contributed by atoms with Crippen LogP contribution in [0.4, 0.5) is 0 Å². The molecule has 2 heterocycles. The van der Waals surface area contributed by atoms with E-state index in [4.69, 9.17) is 18.9 Å². The molecule has 2 saturated heterocycles. The van der Waals surface area contributed by atoms with Crippen LogP contribution in [-0.4, -0.2) is 57.9 Å². The zero-order chi connectivity index (χ0) is 17.7. The molecule has 142 valence electrons. The van der Waals surface area contributed by atoms with E-state index in [2.05, 4.69) is 12.2 Å². The summed E-state index contributed by atoms with van der Waals surface area (Å²) in [5, 5.41) is 2.13. The van der Waals surface area contributed by atoms with E-state index in [-0.39, 0.29) is 35.3 Å². The van der Waals surface area contributed by atoms with Gasteiger partial charge in [-0.15, -0.1) is 0 Å². The maximum absolute atomic E-state index is 12.5. The molecule has 0 bridgehead atoms. The normalized spacial score (nSPS) is 45.4. The quantitative estimate of drug-likeness (QED) is 0.432. The largest absolute Gasteiger partial charge is 0.462 e. The molecular formula is C19H32NO5+. The van der Waals surface area contributed by atoms with Gasteiger partial charge in [0.1, 0.15) is 18.6 Å². The van der Waals surface area contributed by atoms with Gasteiger partial charge in [-0.25, -0.2) is 0 Å². The highest BCUT2D eigenvalue weighted by Crippen LogP contribution is 2.62. The highest BCUT2D eigenvalue weighted by molar-refractivity contribution is 5.75. The Morgan fingerprint density at radius 1 is 1.32 bits per heavy atom. The van der Waals surface area contributed by atoms with E-state index >= 15 is 0 Å². The van der Waals surface area contributed by atoms with Crippen LogP contribution in [0, 0.1) is 23.2 Å². The summed E-state index contributed by atoms with van der Waals surface area (Å²) in [6.07, 6.45) is 5.62. The van der Waals surface area contributed by atoms with Crippen molar-refractivity contribution in [3.05, 3.63) is 0 Å². The molecule has 2 aliphatic carbocycles. The van der Waals surface area contributed by atoms with Crippen molar-refractivity contribution in [2.45, 2.75) is 57.0 Å². The Hall–Kier alpha value is -0.690. The second kappa shape index (κ2) is 6.48. The van der Waals surface area contributed by atoms with Gasteiger partial charge >= 0.3 is 5.97 Å². The van der Waals surface area contributed by atoms with Crippen molar-refractivity contribution in [1.29, 1.82) is 0 Å². The fourth-order valence-electron chi connectivity index (χ4n) is 5.93. The lowest BCUT2D eigenvalue weighted by molar-refractivity contribution is -0.671. The number of rotatable bonds is 6. The van der Waals surface area contributed by atoms with Gasteiger partial charge in [-0.2, -0.15) is 0 Å². The number of carbonyl (C=O) groups excluding carboxylic acids is 1. The summed E-state index contributed by atoms with van der Waals surface area (Å²) in [4.78, 5) is 12.5. The molecule has 25 heavy (non-hydrogen) atoms. The van der Waals surface area contributed by atoms with Crippen molar-refractivity contribution >= 4 is 5.97 Å². The van der Waals surface area contributed by atoms with E-state index in [0.717, 1.165) is 26.0 Å². The van der Waals surface area contributed by atoms with Crippen LogP contribution < -0.4 is 5.32 Å². The van der Waals surface area contributed by atoms with Crippen LogP contribution in [0.3, 0.4) is 0 Å². The zero-order valence-electron chi connectivity index (χ0n) is 15.7. The Morgan fingerprint density at radius 2 is 2.08 bits per heavy atom. The topological polar surface area (TPSA) is 73.9 Å². The van der Waals surface area contributed by atoms with E-state index < -0.39 is 0 Å². The summed E-state index contributed by atoms with van der Waals surface area (Å²) in [6.45, 7) is 4.76. The zero-order valence-corrected chi connectivity index (χ0v) is 15.7. The molecule has 4 aliphatic rings. The molecule has 6 heteroatoms. The Bertz CT molecular complexity index is 518. The second-order valence-corrected chi connectivity index (χ2v) is 8.76. The predicted molar refractivity (Wildman–Crippen MR) is 89.7 cm³/mol. The molecule has 0 aromatic carbocycles. The Labute approximate surface area is 149 Å². The summed E-state index contributed by atoms with van der Waals surface area (Å²) in [7, 11) is 3.28. The van der Waals surface area contributed by atoms with Gasteiger partial charge in [0.25, 0.3) is 0 Å². The minimum Gasteiger partial charge on any atom is -0.462 e. The molecule has 4 fully saturated rings. The molecule has 4 rings (SSSR count). The first-order valence-electron chi connectivity index (χ1n) is 9.73. The van der Waals surface area contributed by atoms with Crippen LogP contribution in [0.2, 0.25) is 0 Å². The molecule has 6 nitrogen and oxygen atoms in total. The highest BCUT2D eigenvalue weighted by Gasteiger charge is 2.65. The highest BCUT2D eigenvalue weighted by atomic mass is 16.7. The lowest BCUT2D eigenvalue weighted by atomic mass is 9.53. The SMILES string of the molecule is COC(C[NH2+]C[C@@H]1C(=O)O[C@@H]2C[C@@]3(C)CCC[C@@]4(CO4)[C@@H]3C[C@H]12)OC. The number of quaternary nitrogens is 1. The van der Waals surface area contributed by atoms with Crippen LogP contribution in [-0.2, 0) is 23.7 Å². The number of nitrogens with two attached hydrogens (primary N) is 1. The molecule has 2 saturated carbocycles. The fraction of sp³-hybridized carbons (Fsp3) is 0.947. The van der Waals surface area contributed by atoms with Gasteiger partial charge in [0.05, 0.1) is 18.8 Å². The van der Waals surface area contributed by atoms with Crippen molar-refractivity contribution < 1.29 is 29.1 Å². The van der Waals surface area contributed by atoms with Gasteiger partial charge in [-0.05, 0) is 43.4 Å². The van der Waals surface area contributed by atoms with Crippen LogP contribution in [0.1, 0.15) is 39.0 Å². The second-order valence-electron chi connectivity index (χ2n) is 8.76. The van der Waals surface area contributed by atoms with Crippen LogP contribution in [0.5, 0.6) is 0 Å². The van der Waals surface area contributed by atoms with E-state index in [1.54, 1.807) is 14.2 Å². The Morgan fingerprint density at radius 3 is 2.76 bits per heavy atom. The molecule has 0 aromatic heterocycles. The van der Waals surface area contributed by atoms with E-state index in [1.165, 1.54) is 19.3 Å². The van der Waals surface area contributed by atoms with Gasteiger partial charge in [0.15, 0.2) is 0 Å². The third-order valence-corrected chi connectivity index (χ3v) is 7.38. The van der Waals surface area contributed by atoms with Crippen molar-refractivity contribution in [1.82, 2.24) is 0 Å². The molecule has 0 radical (unpaired) electrons. The maximum atomic E-state index is 12.5. The number of carbonyl (C=O) groups is 1. The number of hydrogen-bond donors (Lipinski definition) is 1. The van der Waals surface area contributed by atoms with Gasteiger partial charge in [-0.3, -0.25) is 4.79 Å². The van der Waals surface area contributed by atoms with Crippen LogP contribution in [0.15, 0.2) is 0 Å². The number of ether oxygens (including phenoxy) is 4. The van der Waals surface area contributed by atoms with E-state index in [9.17, 15) is 4.79 Å². The lowest BCUT2D eigenvalue weighted by Gasteiger charge is -2.51. The predicted octanol–water partition coefficient (Wildman–Crippen LogP) is 0.696. The number of epoxide rings is 1. The maximum Gasteiger partial charge on any atom is 0.315 e. The summed E-state index contributed by atoms with van der Waals surface area (Å²) in [5.41, 5.74) is 0.390. The molecule has 1 spiro atoms. The molecule has 6 atom stereocenters. The van der Waals surface area contributed by atoms with E-state index in [0.29, 0.717) is 18.4 Å². The van der Waals surface area contributed by atoms with Crippen molar-refractivity contribution in [3.8, 4) is 0 Å². The summed E-state index contributed by atoms with van der Waals surface area (Å²) in [5.74, 6) is 0.898. The smallest absolute Gasteiger partial charge is 0.315 e. The number of methoxy groups -OCH3 is 2. The monoisotopic (exact) mass is 354 g/mol. The minimum atomic E-state index is -0.232. The lowest BCUT2D eigenvalue weighted by Crippen LogP contribution is -2.88. The number of fused-ring (bicyclic) bond motifs is 3. The number of esters is 1. The Balaban J connectivity index is 1.43. The standard InChI is InChI=1S/C19H31NO5/c1-18-5-4-6-19(11-24-19)15(18)7-12-13(17(21)25-14(12)8-18)9-20-10-16(22-2)23-3/h12-16,20H,4-11H2,1-3H3/p+1/t12-,13+,14-,15-,18-,19-/m1/s1. The third kappa shape index (κ3) is 3.01. The minimum absolute atomic E-state index is 0.00866. The molecule has 0 amide bonds. The third-order valence-electron chi connectivity index (χ3n) is 7.38. The van der Waals surface area contributed by atoms with Gasteiger partial charge in [0, 0.05) is 20.1 Å². The molecule has 0 aromatic rings. The molecular weight excluding hydrogens is 322 g/mol. The molecule has 2 N–H and O–H groups in total. The van der Waals surface area contributed by atoms with Crippen LogP contribution >= 0.6 is 0 Å². The average molecular weight is 354 g/mol. The number of hydrogen-bond acceptors (Lipinski definition) is 5. The van der Waals surface area contributed by atoms with Crippen molar-refractivity contribution in [2.75, 3.05) is 33.9 Å². The molecule has 2 aliphatic heterocycles. The summed E-state index contributed by atoms with van der Waals surface area (Å²) in [6, 6.07) is 0. The first-order valence-corrected chi connectivity index (χ1v) is 9.73. The Kier molecular flexibility index (Phi) is 4.59. The summed E-state index contributed by atoms with van der Waals surface area (Å²) < 4.78 is 22.2. The summed E-state index contributed by atoms with van der Waals surface area (Å²) >= 11 is 0. The van der Waals surface area contributed by atoms with Gasteiger partial charge in [0.2, 0.25) is 6.29 Å². The van der Waals surface area contributed by atoms with Crippen molar-refractivity contribution in [2.24, 2.45) is 23.2 Å². The van der Waals surface area contributed by atoms with Crippen LogP contribution in [0.25, 0.3) is 0 Å². The molecule has 0 unspecified atom stereocenters. The van der Waals surface area contributed by atoms with Gasteiger partial charge in [-0.1, -0.05) is 6.92 Å². The first-order chi connectivity index (χ1) is 12.0. The van der Waals surface area contributed by atoms with Crippen molar-refractivity contribution in [3.63, 3.8) is 0 Å². The van der Waals surface area contributed by atoms with E-state index in [1.807, 2.05) is 0 Å². The first kappa shape index (κ1) is 17.7. The average Bonchev–Trinajstić information content (AvgIpc) is 3.28. The van der Waals surface area contributed by atoms with Gasteiger partial charge < -0.3 is 24.3 Å².